The maximum absolute atomic E-state index is 13.1. The first-order valence-corrected chi connectivity index (χ1v) is 9.97. The van der Waals surface area contributed by atoms with Gasteiger partial charge in [0.1, 0.15) is 6.54 Å². The molecule has 1 N–H and O–H groups in total. The Morgan fingerprint density at radius 1 is 1.07 bits per heavy atom. The van der Waals surface area contributed by atoms with E-state index in [4.69, 9.17) is 11.6 Å². The molecule has 1 amide bonds. The topological polar surface area (TPSA) is 68.9 Å². The van der Waals surface area contributed by atoms with Gasteiger partial charge in [-0.05, 0) is 66.9 Å². The van der Waals surface area contributed by atoms with Crippen LogP contribution in [0, 0.1) is 13.8 Å². The smallest absolute Gasteiger partial charge is 0.280 e. The van der Waals surface area contributed by atoms with Crippen molar-refractivity contribution in [3.05, 3.63) is 92.9 Å². The zero-order chi connectivity index (χ0) is 21.3. The molecule has 0 saturated heterocycles. The first-order chi connectivity index (χ1) is 14.4. The average Bonchev–Trinajstić information content (AvgIpc) is 3.02. The van der Waals surface area contributed by atoms with Crippen LogP contribution in [0.1, 0.15) is 16.7 Å². The van der Waals surface area contributed by atoms with E-state index in [1.165, 1.54) is 4.68 Å². The van der Waals surface area contributed by atoms with Crippen molar-refractivity contribution in [2.24, 2.45) is 0 Å². The van der Waals surface area contributed by atoms with E-state index in [9.17, 15) is 9.59 Å². The highest BCUT2D eigenvalue weighted by Crippen LogP contribution is 2.17. The summed E-state index contributed by atoms with van der Waals surface area (Å²) in [5, 5.41) is 4.01. The third-order valence-corrected chi connectivity index (χ3v) is 5.38. The highest BCUT2D eigenvalue weighted by Gasteiger charge is 2.18. The number of halogens is 1. The van der Waals surface area contributed by atoms with E-state index in [0.717, 1.165) is 16.7 Å². The number of pyridine rings is 1. The van der Waals surface area contributed by atoms with E-state index in [2.05, 4.69) is 10.3 Å². The number of hydrogen-bond acceptors (Lipinski definition) is 3. The van der Waals surface area contributed by atoms with Gasteiger partial charge in [-0.2, -0.15) is 0 Å². The second-order valence-corrected chi connectivity index (χ2v) is 7.66. The van der Waals surface area contributed by atoms with Gasteiger partial charge in [-0.1, -0.05) is 29.8 Å². The first kappa shape index (κ1) is 19.9. The molecule has 0 aliphatic heterocycles. The SMILES string of the molecule is Cc1ccc(-n2c(=O)c3cccnc3n2CC(=O)NCc2ccc(Cl)cc2)cc1C. The van der Waals surface area contributed by atoms with Gasteiger partial charge >= 0.3 is 0 Å². The summed E-state index contributed by atoms with van der Waals surface area (Å²) in [6, 6.07) is 16.5. The van der Waals surface area contributed by atoms with Gasteiger partial charge in [-0.25, -0.2) is 9.67 Å². The van der Waals surface area contributed by atoms with Crippen LogP contribution in [0.25, 0.3) is 16.7 Å². The molecule has 4 aromatic rings. The predicted molar refractivity (Wildman–Crippen MR) is 118 cm³/mol. The number of nitrogens with one attached hydrogen (secondary N) is 1. The van der Waals surface area contributed by atoms with E-state index in [1.807, 2.05) is 44.2 Å². The Morgan fingerprint density at radius 3 is 2.57 bits per heavy atom. The maximum atomic E-state index is 13.1. The molecular weight excluding hydrogens is 400 g/mol. The quantitative estimate of drug-likeness (QED) is 0.534. The molecule has 0 bridgehead atoms. The van der Waals surface area contributed by atoms with Gasteiger partial charge in [0.05, 0.1) is 11.1 Å². The molecule has 0 fully saturated rings. The Morgan fingerprint density at radius 2 is 1.83 bits per heavy atom. The maximum Gasteiger partial charge on any atom is 0.280 e. The van der Waals surface area contributed by atoms with E-state index >= 15 is 0 Å². The largest absolute Gasteiger partial charge is 0.350 e. The molecule has 2 aromatic carbocycles. The molecule has 7 heteroatoms. The van der Waals surface area contributed by atoms with Crippen LogP contribution in [0.15, 0.2) is 65.6 Å². The highest BCUT2D eigenvalue weighted by atomic mass is 35.5. The number of carbonyl (C=O) groups is 1. The van der Waals surface area contributed by atoms with E-state index in [0.29, 0.717) is 28.3 Å². The number of aromatic nitrogens is 3. The van der Waals surface area contributed by atoms with Gasteiger partial charge in [-0.15, -0.1) is 0 Å². The van der Waals surface area contributed by atoms with Crippen molar-refractivity contribution in [2.75, 3.05) is 0 Å². The molecule has 0 radical (unpaired) electrons. The summed E-state index contributed by atoms with van der Waals surface area (Å²) in [6.07, 6.45) is 1.62. The van der Waals surface area contributed by atoms with Crippen molar-refractivity contribution in [2.45, 2.75) is 26.9 Å². The second kappa shape index (κ2) is 8.16. The van der Waals surface area contributed by atoms with Crippen LogP contribution in [0.3, 0.4) is 0 Å². The van der Waals surface area contributed by atoms with Gasteiger partial charge in [-0.3, -0.25) is 14.3 Å². The van der Waals surface area contributed by atoms with Gasteiger partial charge in [0.25, 0.3) is 5.56 Å². The lowest BCUT2D eigenvalue weighted by Gasteiger charge is -2.14. The molecule has 0 spiro atoms. The Kier molecular flexibility index (Phi) is 5.42. The monoisotopic (exact) mass is 420 g/mol. The third kappa shape index (κ3) is 3.86. The summed E-state index contributed by atoms with van der Waals surface area (Å²) in [7, 11) is 0. The zero-order valence-corrected chi connectivity index (χ0v) is 17.5. The minimum Gasteiger partial charge on any atom is -0.350 e. The lowest BCUT2D eigenvalue weighted by Crippen LogP contribution is -2.31. The molecule has 2 heterocycles. The molecule has 0 aliphatic carbocycles. The van der Waals surface area contributed by atoms with Crippen LogP contribution in [-0.4, -0.2) is 20.3 Å². The molecule has 6 nitrogen and oxygen atoms in total. The predicted octanol–water partition coefficient (Wildman–Crippen LogP) is 3.77. The number of hydrogen-bond donors (Lipinski definition) is 1. The molecule has 0 saturated carbocycles. The summed E-state index contributed by atoms with van der Waals surface area (Å²) in [5.41, 5.74) is 4.11. The molecule has 0 atom stereocenters. The summed E-state index contributed by atoms with van der Waals surface area (Å²) in [5.74, 6) is -0.218. The zero-order valence-electron chi connectivity index (χ0n) is 16.7. The first-order valence-electron chi connectivity index (χ1n) is 9.59. The lowest BCUT2D eigenvalue weighted by molar-refractivity contribution is -0.122. The molecule has 2 aromatic heterocycles. The minimum absolute atomic E-state index is 0.0315. The average molecular weight is 421 g/mol. The molecule has 0 unspecified atom stereocenters. The lowest BCUT2D eigenvalue weighted by atomic mass is 10.1. The molecule has 152 valence electrons. The fraction of sp³-hybridized carbons (Fsp3) is 0.174. The van der Waals surface area contributed by atoms with Crippen molar-refractivity contribution in [3.8, 4) is 5.69 Å². The van der Waals surface area contributed by atoms with Gasteiger partial charge in [0.15, 0.2) is 5.65 Å². The Hall–Kier alpha value is -3.38. The summed E-state index contributed by atoms with van der Waals surface area (Å²) >= 11 is 5.91. The van der Waals surface area contributed by atoms with E-state index < -0.39 is 0 Å². The Balaban J connectivity index is 1.68. The van der Waals surface area contributed by atoms with Crippen LogP contribution in [-0.2, 0) is 17.9 Å². The van der Waals surface area contributed by atoms with Crippen LogP contribution < -0.4 is 10.9 Å². The fourth-order valence-electron chi connectivity index (χ4n) is 3.34. The normalized spacial score (nSPS) is 11.0. The molecule has 0 aliphatic rings. The van der Waals surface area contributed by atoms with Crippen molar-refractivity contribution in [3.63, 3.8) is 0 Å². The highest BCUT2D eigenvalue weighted by molar-refractivity contribution is 6.30. The van der Waals surface area contributed by atoms with Crippen molar-refractivity contribution >= 4 is 28.5 Å². The second-order valence-electron chi connectivity index (χ2n) is 7.22. The van der Waals surface area contributed by atoms with Crippen molar-refractivity contribution < 1.29 is 4.79 Å². The molecule has 30 heavy (non-hydrogen) atoms. The summed E-state index contributed by atoms with van der Waals surface area (Å²) < 4.78 is 3.14. The summed E-state index contributed by atoms with van der Waals surface area (Å²) in [4.78, 5) is 30.2. The van der Waals surface area contributed by atoms with Crippen LogP contribution in [0.4, 0.5) is 0 Å². The van der Waals surface area contributed by atoms with E-state index in [-0.39, 0.29) is 18.0 Å². The van der Waals surface area contributed by atoms with Gasteiger partial charge in [0.2, 0.25) is 5.91 Å². The van der Waals surface area contributed by atoms with Gasteiger partial charge < -0.3 is 5.32 Å². The number of benzene rings is 2. The number of carbonyl (C=O) groups excluding carboxylic acids is 1. The van der Waals surface area contributed by atoms with Crippen molar-refractivity contribution in [1.29, 1.82) is 0 Å². The van der Waals surface area contributed by atoms with Crippen molar-refractivity contribution in [1.82, 2.24) is 19.7 Å². The summed E-state index contributed by atoms with van der Waals surface area (Å²) in [6.45, 7) is 4.35. The fourth-order valence-corrected chi connectivity index (χ4v) is 3.47. The Bertz CT molecular complexity index is 1290. The molecular formula is C23H21ClN4O2. The van der Waals surface area contributed by atoms with E-state index in [1.54, 1.807) is 35.1 Å². The van der Waals surface area contributed by atoms with Crippen LogP contribution >= 0.6 is 11.6 Å². The number of amides is 1. The Labute approximate surface area is 178 Å². The van der Waals surface area contributed by atoms with Gasteiger partial charge in [0, 0.05) is 17.8 Å². The third-order valence-electron chi connectivity index (χ3n) is 5.13. The molecule has 4 rings (SSSR count). The van der Waals surface area contributed by atoms with Crippen LogP contribution in [0.2, 0.25) is 5.02 Å². The number of rotatable bonds is 5. The van der Waals surface area contributed by atoms with Crippen LogP contribution in [0.5, 0.6) is 0 Å². The minimum atomic E-state index is -0.218. The standard InChI is InChI=1S/C23H21ClN4O2/c1-15-5-10-19(12-16(15)2)28-23(30)20-4-3-11-25-22(20)27(28)14-21(29)26-13-17-6-8-18(24)9-7-17/h3-12H,13-14H2,1-2H3,(H,26,29). The number of fused-ring (bicyclic) bond motifs is 1. The number of aryl methyl sites for hydroxylation is 2. The number of nitrogens with zero attached hydrogens (tertiary/aromatic N) is 3.